The van der Waals surface area contributed by atoms with Crippen LogP contribution in [0, 0.1) is 0 Å². The summed E-state index contributed by atoms with van der Waals surface area (Å²) in [7, 11) is 0. The lowest BCUT2D eigenvalue weighted by Crippen LogP contribution is -2.00. The van der Waals surface area contributed by atoms with Crippen LogP contribution < -0.4 is 5.73 Å². The molecule has 108 valence electrons. The van der Waals surface area contributed by atoms with Crippen LogP contribution in [0.25, 0.3) is 22.4 Å². The molecule has 0 saturated carbocycles. The van der Waals surface area contributed by atoms with E-state index in [9.17, 15) is 0 Å². The van der Waals surface area contributed by atoms with E-state index in [0.29, 0.717) is 20.8 Å². The predicted octanol–water partition coefficient (Wildman–Crippen LogP) is 5.27. The Hall–Kier alpha value is -1.42. The molecule has 0 bridgehead atoms. The molecule has 0 unspecified atom stereocenters. The van der Waals surface area contributed by atoms with Gasteiger partial charge < -0.3 is 10.3 Å². The molecule has 3 rings (SSSR count). The first kappa shape index (κ1) is 14.5. The molecule has 0 radical (unpaired) electrons. The number of nitrogens with two attached hydrogens (primary N) is 1. The van der Waals surface area contributed by atoms with E-state index in [1.807, 2.05) is 25.1 Å². The third kappa shape index (κ3) is 2.46. The lowest BCUT2D eigenvalue weighted by molar-refractivity contribution is 0.796. The molecule has 2 aromatic carbocycles. The lowest BCUT2D eigenvalue weighted by Gasteiger charge is -2.10. The second-order valence-corrected chi connectivity index (χ2v) is 5.94. The zero-order valence-corrected chi connectivity index (χ0v) is 13.5. The predicted molar refractivity (Wildman–Crippen MR) is 90.3 cm³/mol. The lowest BCUT2D eigenvalue weighted by atomic mass is 10.1. The number of fused-ring (bicyclic) bond motifs is 1. The van der Waals surface area contributed by atoms with E-state index < -0.39 is 0 Å². The van der Waals surface area contributed by atoms with Crippen LogP contribution >= 0.6 is 34.8 Å². The van der Waals surface area contributed by atoms with Gasteiger partial charge in [-0.05, 0) is 37.3 Å². The number of halogens is 3. The highest BCUT2D eigenvalue weighted by Gasteiger charge is 2.16. The third-order valence-corrected chi connectivity index (χ3v) is 4.13. The number of anilines is 1. The topological polar surface area (TPSA) is 43.8 Å². The second-order valence-electron chi connectivity index (χ2n) is 4.66. The van der Waals surface area contributed by atoms with Crippen LogP contribution in [0.4, 0.5) is 5.69 Å². The molecule has 0 aliphatic heterocycles. The Morgan fingerprint density at radius 2 is 1.86 bits per heavy atom. The van der Waals surface area contributed by atoms with Gasteiger partial charge in [-0.1, -0.05) is 34.8 Å². The van der Waals surface area contributed by atoms with Crippen molar-refractivity contribution >= 4 is 51.5 Å². The normalized spacial score (nSPS) is 11.2. The molecular formula is C15H12Cl3N3. The maximum Gasteiger partial charge on any atom is 0.143 e. The summed E-state index contributed by atoms with van der Waals surface area (Å²) in [5.41, 5.74) is 9.09. The van der Waals surface area contributed by atoms with Gasteiger partial charge in [0.2, 0.25) is 0 Å². The molecule has 0 spiro atoms. The Kier molecular flexibility index (Phi) is 3.74. The summed E-state index contributed by atoms with van der Waals surface area (Å²) in [6, 6.07) is 9.01. The molecule has 0 fully saturated rings. The van der Waals surface area contributed by atoms with Crippen molar-refractivity contribution in [1.29, 1.82) is 0 Å². The molecule has 6 heteroatoms. The average molecular weight is 341 g/mol. The molecule has 0 aliphatic rings. The highest BCUT2D eigenvalue weighted by molar-refractivity contribution is 6.37. The molecule has 3 aromatic rings. The molecule has 21 heavy (non-hydrogen) atoms. The summed E-state index contributed by atoms with van der Waals surface area (Å²) in [5, 5.41) is 1.59. The van der Waals surface area contributed by atoms with Gasteiger partial charge in [-0.3, -0.25) is 0 Å². The summed E-state index contributed by atoms with van der Waals surface area (Å²) in [4.78, 5) is 4.64. The van der Waals surface area contributed by atoms with Crippen molar-refractivity contribution in [1.82, 2.24) is 9.55 Å². The minimum atomic E-state index is 0.422. The van der Waals surface area contributed by atoms with Crippen LogP contribution in [0.3, 0.4) is 0 Å². The van der Waals surface area contributed by atoms with Gasteiger partial charge >= 0.3 is 0 Å². The van der Waals surface area contributed by atoms with E-state index in [0.717, 1.165) is 29.0 Å². The molecule has 0 amide bonds. The first-order valence-corrected chi connectivity index (χ1v) is 7.55. The average Bonchev–Trinajstić information content (AvgIpc) is 2.79. The third-order valence-electron chi connectivity index (χ3n) is 3.36. The van der Waals surface area contributed by atoms with E-state index in [4.69, 9.17) is 40.5 Å². The number of imidazole rings is 1. The zero-order chi connectivity index (χ0) is 15.1. The van der Waals surface area contributed by atoms with Gasteiger partial charge in [0.05, 0.1) is 21.7 Å². The van der Waals surface area contributed by atoms with E-state index >= 15 is 0 Å². The first-order chi connectivity index (χ1) is 10.0. The van der Waals surface area contributed by atoms with E-state index in [1.54, 1.807) is 12.1 Å². The van der Waals surface area contributed by atoms with E-state index in [2.05, 4.69) is 9.55 Å². The van der Waals surface area contributed by atoms with Crippen LogP contribution in [0.15, 0.2) is 30.3 Å². The van der Waals surface area contributed by atoms with Crippen molar-refractivity contribution in [2.24, 2.45) is 0 Å². The van der Waals surface area contributed by atoms with E-state index in [-0.39, 0.29) is 0 Å². The highest BCUT2D eigenvalue weighted by Crippen LogP contribution is 2.36. The summed E-state index contributed by atoms with van der Waals surface area (Å²) in [6.45, 7) is 2.79. The Morgan fingerprint density at radius 1 is 1.10 bits per heavy atom. The van der Waals surface area contributed by atoms with Gasteiger partial charge in [0, 0.05) is 22.2 Å². The summed E-state index contributed by atoms with van der Waals surface area (Å²) in [5.74, 6) is 0.733. The zero-order valence-electron chi connectivity index (χ0n) is 11.2. The molecule has 0 atom stereocenters. The van der Waals surface area contributed by atoms with Crippen molar-refractivity contribution in [2.45, 2.75) is 13.5 Å². The number of hydrogen-bond donors (Lipinski definition) is 1. The fourth-order valence-corrected chi connectivity index (χ4v) is 3.06. The monoisotopic (exact) mass is 339 g/mol. The van der Waals surface area contributed by atoms with Crippen molar-refractivity contribution in [3.05, 3.63) is 45.4 Å². The number of nitrogens with zero attached hydrogens (tertiary/aromatic N) is 2. The SMILES string of the molecule is CCn1c(-c2cc(Cl)cc(Cl)c2N)nc2cc(Cl)ccc21. The molecular weight excluding hydrogens is 329 g/mol. The van der Waals surface area contributed by atoms with Crippen LogP contribution in [-0.2, 0) is 6.54 Å². The van der Waals surface area contributed by atoms with Gasteiger partial charge in [0.1, 0.15) is 5.82 Å². The Balaban J connectivity index is 2.35. The first-order valence-electron chi connectivity index (χ1n) is 6.42. The number of nitrogen functional groups attached to an aromatic ring is 1. The molecule has 0 aliphatic carbocycles. The van der Waals surface area contributed by atoms with Gasteiger partial charge in [0.15, 0.2) is 0 Å². The Labute approximate surface area is 137 Å². The van der Waals surface area contributed by atoms with E-state index in [1.165, 1.54) is 0 Å². The number of aromatic nitrogens is 2. The molecule has 1 aromatic heterocycles. The van der Waals surface area contributed by atoms with Crippen LogP contribution in [0.1, 0.15) is 6.92 Å². The van der Waals surface area contributed by atoms with Crippen LogP contribution in [0.2, 0.25) is 15.1 Å². The quantitative estimate of drug-likeness (QED) is 0.646. The van der Waals surface area contributed by atoms with Gasteiger partial charge in [-0.2, -0.15) is 0 Å². The fraction of sp³-hybridized carbons (Fsp3) is 0.133. The Morgan fingerprint density at radius 3 is 2.57 bits per heavy atom. The summed E-state index contributed by atoms with van der Waals surface area (Å²) in [6.07, 6.45) is 0. The summed E-state index contributed by atoms with van der Waals surface area (Å²) < 4.78 is 2.06. The molecule has 3 nitrogen and oxygen atoms in total. The van der Waals surface area contributed by atoms with Crippen molar-refractivity contribution in [3.63, 3.8) is 0 Å². The molecule has 1 heterocycles. The number of rotatable bonds is 2. The largest absolute Gasteiger partial charge is 0.397 e. The highest BCUT2D eigenvalue weighted by atomic mass is 35.5. The standard InChI is InChI=1S/C15H12Cl3N3/c1-2-21-13-4-3-8(16)7-12(13)20-15(21)10-5-9(17)6-11(18)14(10)19/h3-7H,2,19H2,1H3. The number of aryl methyl sites for hydroxylation is 1. The minimum absolute atomic E-state index is 0.422. The van der Waals surface area contributed by atoms with Crippen LogP contribution in [-0.4, -0.2) is 9.55 Å². The van der Waals surface area contributed by atoms with Crippen LogP contribution in [0.5, 0.6) is 0 Å². The molecule has 0 saturated heterocycles. The summed E-state index contributed by atoms with van der Waals surface area (Å²) >= 11 is 18.2. The smallest absolute Gasteiger partial charge is 0.143 e. The van der Waals surface area contributed by atoms with Gasteiger partial charge in [0.25, 0.3) is 0 Å². The maximum absolute atomic E-state index is 6.12. The number of benzene rings is 2. The van der Waals surface area contributed by atoms with Gasteiger partial charge in [-0.15, -0.1) is 0 Å². The van der Waals surface area contributed by atoms with Crippen molar-refractivity contribution in [3.8, 4) is 11.4 Å². The van der Waals surface area contributed by atoms with Crippen molar-refractivity contribution in [2.75, 3.05) is 5.73 Å². The number of hydrogen-bond acceptors (Lipinski definition) is 2. The Bertz CT molecular complexity index is 840. The minimum Gasteiger partial charge on any atom is -0.397 e. The van der Waals surface area contributed by atoms with Crippen molar-refractivity contribution < 1.29 is 0 Å². The maximum atomic E-state index is 6.12. The second kappa shape index (κ2) is 5.41. The molecule has 2 N–H and O–H groups in total. The van der Waals surface area contributed by atoms with Gasteiger partial charge in [-0.25, -0.2) is 4.98 Å². The fourth-order valence-electron chi connectivity index (χ4n) is 2.40.